The number of hydrogen-bond donors (Lipinski definition) is 0. The summed E-state index contributed by atoms with van der Waals surface area (Å²) in [5.74, 6) is 0.903. The largest absolute Gasteiger partial charge is 0.241 e. The molecule has 0 atom stereocenters. The van der Waals surface area contributed by atoms with Crippen LogP contribution >= 0.6 is 0 Å². The molecule has 2 aromatic rings. The molecule has 2 heteroatoms. The second kappa shape index (κ2) is 5.81. The summed E-state index contributed by atoms with van der Waals surface area (Å²) < 4.78 is 0. The molecule has 0 spiro atoms. The monoisotopic (exact) mass is 210 g/mol. The number of benzene rings is 1. The van der Waals surface area contributed by atoms with Gasteiger partial charge in [0.05, 0.1) is 0 Å². The first-order valence-corrected chi connectivity index (χ1v) is 5.42. The summed E-state index contributed by atoms with van der Waals surface area (Å²) in [5, 5.41) is 0. The van der Waals surface area contributed by atoms with Gasteiger partial charge in [0.1, 0.15) is 5.82 Å². The van der Waals surface area contributed by atoms with Crippen molar-refractivity contribution in [3.8, 4) is 0 Å². The van der Waals surface area contributed by atoms with Crippen LogP contribution in [0.1, 0.15) is 17.8 Å². The highest BCUT2D eigenvalue weighted by Gasteiger charge is 1.91. The van der Waals surface area contributed by atoms with Gasteiger partial charge in [0.2, 0.25) is 0 Å². The van der Waals surface area contributed by atoms with E-state index in [1.54, 1.807) is 12.4 Å². The Bertz CT molecular complexity index is 435. The lowest BCUT2D eigenvalue weighted by Crippen LogP contribution is -1.91. The molecule has 0 saturated carbocycles. The highest BCUT2D eigenvalue weighted by atomic mass is 14.8. The van der Waals surface area contributed by atoms with Crippen LogP contribution in [0.3, 0.4) is 0 Å². The summed E-state index contributed by atoms with van der Waals surface area (Å²) in [7, 11) is 0. The fourth-order valence-corrected chi connectivity index (χ4v) is 1.46. The van der Waals surface area contributed by atoms with Crippen molar-refractivity contribution < 1.29 is 0 Å². The summed E-state index contributed by atoms with van der Waals surface area (Å²) in [6, 6.07) is 12.1. The van der Waals surface area contributed by atoms with E-state index in [4.69, 9.17) is 0 Å². The summed E-state index contributed by atoms with van der Waals surface area (Å²) in [6.45, 7) is 0. The number of nitrogens with zero attached hydrogens (tertiary/aromatic N) is 2. The summed E-state index contributed by atoms with van der Waals surface area (Å²) in [6.07, 6.45) is 9.71. The van der Waals surface area contributed by atoms with Crippen molar-refractivity contribution in [2.75, 3.05) is 0 Å². The number of allylic oxidation sites excluding steroid dienone is 1. The van der Waals surface area contributed by atoms with Crippen LogP contribution in [0.15, 0.2) is 54.9 Å². The van der Waals surface area contributed by atoms with Gasteiger partial charge in [-0.1, -0.05) is 42.5 Å². The first kappa shape index (κ1) is 10.6. The maximum absolute atomic E-state index is 4.18. The van der Waals surface area contributed by atoms with Crippen LogP contribution in [0, 0.1) is 0 Å². The molecule has 0 radical (unpaired) electrons. The molecular formula is C14H14N2. The number of hydrogen-bond acceptors (Lipinski definition) is 2. The summed E-state index contributed by atoms with van der Waals surface area (Å²) in [5.41, 5.74) is 1.23. The zero-order chi connectivity index (χ0) is 11.1. The minimum Gasteiger partial charge on any atom is -0.241 e. The van der Waals surface area contributed by atoms with E-state index in [1.165, 1.54) is 5.56 Å². The molecule has 0 fully saturated rings. The van der Waals surface area contributed by atoms with Gasteiger partial charge >= 0.3 is 0 Å². The third-order valence-corrected chi connectivity index (χ3v) is 2.26. The first-order chi connectivity index (χ1) is 7.95. The van der Waals surface area contributed by atoms with Crippen LogP contribution in [-0.4, -0.2) is 9.97 Å². The Morgan fingerprint density at radius 3 is 2.44 bits per heavy atom. The fourth-order valence-electron chi connectivity index (χ4n) is 1.46. The van der Waals surface area contributed by atoms with Crippen molar-refractivity contribution in [3.63, 3.8) is 0 Å². The third kappa shape index (κ3) is 3.31. The molecule has 0 aliphatic heterocycles. The average Bonchev–Trinajstić information content (AvgIpc) is 2.37. The van der Waals surface area contributed by atoms with Crippen molar-refractivity contribution in [1.82, 2.24) is 9.97 Å². The van der Waals surface area contributed by atoms with E-state index in [1.807, 2.05) is 24.3 Å². The van der Waals surface area contributed by atoms with Crippen LogP contribution < -0.4 is 0 Å². The molecule has 1 aromatic heterocycles. The molecule has 0 saturated heterocycles. The van der Waals surface area contributed by atoms with Crippen LogP contribution in [0.2, 0.25) is 0 Å². The van der Waals surface area contributed by atoms with Crippen LogP contribution in [0.4, 0.5) is 0 Å². The molecule has 16 heavy (non-hydrogen) atoms. The van der Waals surface area contributed by atoms with Crippen molar-refractivity contribution in [1.29, 1.82) is 0 Å². The molecular weight excluding hydrogens is 196 g/mol. The standard InChI is InChI=1S/C14H14N2/c1-2-7-13(8-3-1)9-4-5-10-14-15-11-6-12-16-14/h1-4,6-9,11-12H,5,10H2/b9-4+. The number of aromatic nitrogens is 2. The minimum absolute atomic E-state index is 0.893. The average molecular weight is 210 g/mol. The zero-order valence-corrected chi connectivity index (χ0v) is 9.08. The summed E-state index contributed by atoms with van der Waals surface area (Å²) >= 11 is 0. The highest BCUT2D eigenvalue weighted by Crippen LogP contribution is 2.03. The third-order valence-electron chi connectivity index (χ3n) is 2.26. The molecule has 0 amide bonds. The van der Waals surface area contributed by atoms with E-state index in [2.05, 4.69) is 34.3 Å². The van der Waals surface area contributed by atoms with E-state index in [0.717, 1.165) is 18.7 Å². The van der Waals surface area contributed by atoms with Crippen molar-refractivity contribution >= 4 is 6.08 Å². The van der Waals surface area contributed by atoms with Crippen molar-refractivity contribution in [3.05, 3.63) is 66.3 Å². The van der Waals surface area contributed by atoms with Gasteiger partial charge in [0.15, 0.2) is 0 Å². The smallest absolute Gasteiger partial charge is 0.128 e. The molecule has 1 heterocycles. The Balaban J connectivity index is 1.83. The van der Waals surface area contributed by atoms with E-state index < -0.39 is 0 Å². The predicted octanol–water partition coefficient (Wildman–Crippen LogP) is 3.12. The predicted molar refractivity (Wildman–Crippen MR) is 65.8 cm³/mol. The van der Waals surface area contributed by atoms with Crippen molar-refractivity contribution in [2.24, 2.45) is 0 Å². The van der Waals surface area contributed by atoms with Gasteiger partial charge in [-0.25, -0.2) is 9.97 Å². The van der Waals surface area contributed by atoms with Gasteiger partial charge in [-0.3, -0.25) is 0 Å². The van der Waals surface area contributed by atoms with E-state index in [9.17, 15) is 0 Å². The molecule has 0 unspecified atom stereocenters. The van der Waals surface area contributed by atoms with Gasteiger partial charge in [0, 0.05) is 18.8 Å². The number of rotatable bonds is 4. The minimum atomic E-state index is 0.893. The molecule has 0 aliphatic rings. The molecule has 2 nitrogen and oxygen atoms in total. The Labute approximate surface area is 95.7 Å². The van der Waals surface area contributed by atoms with E-state index in [-0.39, 0.29) is 0 Å². The molecule has 0 bridgehead atoms. The topological polar surface area (TPSA) is 25.8 Å². The molecule has 0 aliphatic carbocycles. The normalized spacial score (nSPS) is 10.8. The molecule has 2 rings (SSSR count). The van der Waals surface area contributed by atoms with Gasteiger partial charge < -0.3 is 0 Å². The van der Waals surface area contributed by atoms with Gasteiger partial charge in [-0.2, -0.15) is 0 Å². The van der Waals surface area contributed by atoms with Gasteiger partial charge in [0.25, 0.3) is 0 Å². The molecule has 1 aromatic carbocycles. The summed E-state index contributed by atoms with van der Waals surface area (Å²) in [4.78, 5) is 8.36. The van der Waals surface area contributed by atoms with Crippen molar-refractivity contribution in [2.45, 2.75) is 12.8 Å². The zero-order valence-electron chi connectivity index (χ0n) is 9.08. The quantitative estimate of drug-likeness (QED) is 0.774. The van der Waals surface area contributed by atoms with E-state index in [0.29, 0.717) is 0 Å². The highest BCUT2D eigenvalue weighted by molar-refractivity contribution is 5.48. The lowest BCUT2D eigenvalue weighted by molar-refractivity contribution is 0.880. The lowest BCUT2D eigenvalue weighted by Gasteiger charge is -1.95. The second-order valence-corrected chi connectivity index (χ2v) is 3.52. The van der Waals surface area contributed by atoms with Crippen LogP contribution in [0.5, 0.6) is 0 Å². The number of aryl methyl sites for hydroxylation is 1. The van der Waals surface area contributed by atoms with Gasteiger partial charge in [-0.05, 0) is 18.1 Å². The maximum Gasteiger partial charge on any atom is 0.128 e. The van der Waals surface area contributed by atoms with E-state index >= 15 is 0 Å². The van der Waals surface area contributed by atoms with Gasteiger partial charge in [-0.15, -0.1) is 0 Å². The Hall–Kier alpha value is -1.96. The fraction of sp³-hybridized carbons (Fsp3) is 0.143. The second-order valence-electron chi connectivity index (χ2n) is 3.52. The lowest BCUT2D eigenvalue weighted by atomic mass is 10.2. The Kier molecular flexibility index (Phi) is 3.83. The Morgan fingerprint density at radius 2 is 1.69 bits per heavy atom. The molecule has 0 N–H and O–H groups in total. The first-order valence-electron chi connectivity index (χ1n) is 5.42. The van der Waals surface area contributed by atoms with Crippen LogP contribution in [0.25, 0.3) is 6.08 Å². The Morgan fingerprint density at radius 1 is 0.938 bits per heavy atom. The SMILES string of the molecule is C(=C\c1ccccc1)/CCc1ncccn1. The molecule has 80 valence electrons. The maximum atomic E-state index is 4.18. The van der Waals surface area contributed by atoms with Crippen LogP contribution in [-0.2, 0) is 6.42 Å².